The fourth-order valence-corrected chi connectivity index (χ4v) is 3.62. The van der Waals surface area contributed by atoms with Crippen LogP contribution in [-0.4, -0.2) is 6.04 Å². The SMILES string of the molecule is CC1C(C(C)(C)C)C=CC(NC2=CCC(C)(C)C=C2)[C@@H]1C. The Morgan fingerprint density at radius 2 is 1.76 bits per heavy atom. The molecule has 2 rings (SSSR count). The van der Waals surface area contributed by atoms with Gasteiger partial charge in [0, 0.05) is 11.7 Å². The van der Waals surface area contributed by atoms with Crippen molar-refractivity contribution in [3.63, 3.8) is 0 Å². The van der Waals surface area contributed by atoms with Gasteiger partial charge in [0.05, 0.1) is 0 Å². The summed E-state index contributed by atoms with van der Waals surface area (Å²) in [6.45, 7) is 16.4. The second-order valence-electron chi connectivity index (χ2n) is 8.85. The van der Waals surface area contributed by atoms with Gasteiger partial charge in [0.25, 0.3) is 0 Å². The summed E-state index contributed by atoms with van der Waals surface area (Å²) < 4.78 is 0. The smallest absolute Gasteiger partial charge is 0.0472 e. The van der Waals surface area contributed by atoms with Crippen LogP contribution in [-0.2, 0) is 0 Å². The molecule has 0 aromatic heterocycles. The van der Waals surface area contributed by atoms with Gasteiger partial charge in [0.1, 0.15) is 0 Å². The topological polar surface area (TPSA) is 12.0 Å². The summed E-state index contributed by atoms with van der Waals surface area (Å²) in [6, 6.07) is 0.454. The molecule has 0 amide bonds. The highest BCUT2D eigenvalue weighted by Crippen LogP contribution is 2.41. The van der Waals surface area contributed by atoms with E-state index in [1.54, 1.807) is 0 Å². The minimum Gasteiger partial charge on any atom is -0.379 e. The highest BCUT2D eigenvalue weighted by Gasteiger charge is 2.36. The van der Waals surface area contributed by atoms with Crippen molar-refractivity contribution in [2.75, 3.05) is 0 Å². The molecular formula is C20H33N. The van der Waals surface area contributed by atoms with Gasteiger partial charge < -0.3 is 5.32 Å². The van der Waals surface area contributed by atoms with Crippen LogP contribution < -0.4 is 5.32 Å². The Bertz CT molecular complexity index is 459. The van der Waals surface area contributed by atoms with Crippen molar-refractivity contribution in [2.45, 2.75) is 60.9 Å². The quantitative estimate of drug-likeness (QED) is 0.678. The van der Waals surface area contributed by atoms with Crippen LogP contribution in [0.4, 0.5) is 0 Å². The molecule has 0 heterocycles. The fraction of sp³-hybridized carbons (Fsp3) is 0.700. The van der Waals surface area contributed by atoms with Gasteiger partial charge in [-0.05, 0) is 41.1 Å². The highest BCUT2D eigenvalue weighted by atomic mass is 14.9. The van der Waals surface area contributed by atoms with Crippen molar-refractivity contribution < 1.29 is 0 Å². The predicted molar refractivity (Wildman–Crippen MR) is 93.0 cm³/mol. The first-order valence-corrected chi connectivity index (χ1v) is 8.44. The van der Waals surface area contributed by atoms with E-state index in [9.17, 15) is 0 Å². The molecule has 1 nitrogen and oxygen atoms in total. The van der Waals surface area contributed by atoms with E-state index in [2.05, 4.69) is 84.2 Å². The number of nitrogens with one attached hydrogen (secondary N) is 1. The summed E-state index contributed by atoms with van der Waals surface area (Å²) >= 11 is 0. The molecule has 21 heavy (non-hydrogen) atoms. The van der Waals surface area contributed by atoms with Crippen LogP contribution in [0.1, 0.15) is 54.9 Å². The average molecular weight is 287 g/mol. The van der Waals surface area contributed by atoms with Gasteiger partial charge in [0.15, 0.2) is 0 Å². The van der Waals surface area contributed by atoms with Crippen LogP contribution in [0, 0.1) is 28.6 Å². The van der Waals surface area contributed by atoms with Crippen molar-refractivity contribution in [1.82, 2.24) is 5.32 Å². The van der Waals surface area contributed by atoms with Crippen molar-refractivity contribution in [3.05, 3.63) is 36.1 Å². The molecule has 1 heteroatoms. The third kappa shape index (κ3) is 3.81. The maximum atomic E-state index is 3.74. The number of allylic oxidation sites excluding steroid dienone is 4. The van der Waals surface area contributed by atoms with E-state index in [0.717, 1.165) is 6.42 Å². The van der Waals surface area contributed by atoms with Crippen LogP contribution >= 0.6 is 0 Å². The Morgan fingerprint density at radius 1 is 1.10 bits per heavy atom. The monoisotopic (exact) mass is 287 g/mol. The van der Waals surface area contributed by atoms with Crippen molar-refractivity contribution in [3.8, 4) is 0 Å². The standard InChI is InChI=1S/C20H33N/c1-14-15(2)18(9-8-17(14)19(3,4)5)21-16-10-12-20(6,7)13-11-16/h8-12,14-15,17-18,21H,13H2,1-7H3/t14?,15-,17?,18?/m1/s1. The Morgan fingerprint density at radius 3 is 2.29 bits per heavy atom. The Labute approximate surface area is 131 Å². The molecule has 0 saturated carbocycles. The molecule has 0 aliphatic heterocycles. The second-order valence-corrected chi connectivity index (χ2v) is 8.85. The van der Waals surface area contributed by atoms with Crippen molar-refractivity contribution in [1.29, 1.82) is 0 Å². The molecule has 0 saturated heterocycles. The van der Waals surface area contributed by atoms with Gasteiger partial charge in [-0.15, -0.1) is 0 Å². The van der Waals surface area contributed by atoms with Gasteiger partial charge in [-0.2, -0.15) is 0 Å². The molecule has 0 spiro atoms. The lowest BCUT2D eigenvalue weighted by Gasteiger charge is -2.42. The molecule has 2 aliphatic carbocycles. The number of hydrogen-bond acceptors (Lipinski definition) is 1. The van der Waals surface area contributed by atoms with E-state index in [-0.39, 0.29) is 0 Å². The molecule has 0 aromatic rings. The molecule has 0 fully saturated rings. The average Bonchev–Trinajstić information content (AvgIpc) is 2.36. The summed E-state index contributed by atoms with van der Waals surface area (Å²) in [4.78, 5) is 0. The van der Waals surface area contributed by atoms with Crippen LogP contribution in [0.3, 0.4) is 0 Å². The molecule has 0 radical (unpaired) electrons. The summed E-state index contributed by atoms with van der Waals surface area (Å²) in [5, 5.41) is 3.74. The number of hydrogen-bond donors (Lipinski definition) is 1. The molecule has 3 unspecified atom stereocenters. The van der Waals surface area contributed by atoms with Crippen molar-refractivity contribution in [2.24, 2.45) is 28.6 Å². The van der Waals surface area contributed by atoms with E-state index in [4.69, 9.17) is 0 Å². The largest absolute Gasteiger partial charge is 0.379 e. The highest BCUT2D eigenvalue weighted by molar-refractivity contribution is 5.26. The summed E-state index contributed by atoms with van der Waals surface area (Å²) in [5.41, 5.74) is 1.95. The third-order valence-corrected chi connectivity index (χ3v) is 5.38. The summed E-state index contributed by atoms with van der Waals surface area (Å²) in [5.74, 6) is 2.03. The van der Waals surface area contributed by atoms with E-state index in [1.165, 1.54) is 5.70 Å². The molecule has 4 atom stereocenters. The van der Waals surface area contributed by atoms with E-state index in [1.807, 2.05) is 0 Å². The van der Waals surface area contributed by atoms with Gasteiger partial charge in [0.2, 0.25) is 0 Å². The predicted octanol–water partition coefficient (Wildman–Crippen LogP) is 5.32. The maximum Gasteiger partial charge on any atom is 0.0472 e. The van der Waals surface area contributed by atoms with Gasteiger partial charge in [-0.1, -0.05) is 72.8 Å². The zero-order valence-electron chi connectivity index (χ0n) is 14.9. The normalized spacial score (nSPS) is 35.5. The third-order valence-electron chi connectivity index (χ3n) is 5.38. The van der Waals surface area contributed by atoms with Crippen LogP contribution in [0.25, 0.3) is 0 Å². The van der Waals surface area contributed by atoms with Gasteiger partial charge in [-0.25, -0.2) is 0 Å². The second kappa shape index (κ2) is 5.66. The van der Waals surface area contributed by atoms with Gasteiger partial charge >= 0.3 is 0 Å². The molecule has 118 valence electrons. The minimum atomic E-state index is 0.309. The van der Waals surface area contributed by atoms with Crippen LogP contribution in [0.15, 0.2) is 36.1 Å². The van der Waals surface area contributed by atoms with Crippen LogP contribution in [0.2, 0.25) is 0 Å². The molecule has 1 N–H and O–H groups in total. The summed E-state index contributed by atoms with van der Waals surface area (Å²) in [7, 11) is 0. The molecular weight excluding hydrogens is 254 g/mol. The van der Waals surface area contributed by atoms with E-state index < -0.39 is 0 Å². The maximum absolute atomic E-state index is 3.74. The lowest BCUT2D eigenvalue weighted by Crippen LogP contribution is -2.43. The lowest BCUT2D eigenvalue weighted by atomic mass is 9.65. The first-order valence-electron chi connectivity index (χ1n) is 8.44. The zero-order valence-corrected chi connectivity index (χ0v) is 14.9. The van der Waals surface area contributed by atoms with Crippen molar-refractivity contribution >= 4 is 0 Å². The van der Waals surface area contributed by atoms with Crippen LogP contribution in [0.5, 0.6) is 0 Å². The molecule has 0 aromatic carbocycles. The van der Waals surface area contributed by atoms with E-state index in [0.29, 0.717) is 34.6 Å². The van der Waals surface area contributed by atoms with E-state index >= 15 is 0 Å². The Balaban J connectivity index is 2.06. The Hall–Kier alpha value is -0.980. The molecule has 0 bridgehead atoms. The minimum absolute atomic E-state index is 0.309. The fourth-order valence-electron chi connectivity index (χ4n) is 3.62. The number of rotatable bonds is 2. The summed E-state index contributed by atoms with van der Waals surface area (Å²) in [6.07, 6.45) is 12.9. The first kappa shape index (κ1) is 16.4. The zero-order chi connectivity index (χ0) is 15.8. The lowest BCUT2D eigenvalue weighted by molar-refractivity contribution is 0.147. The Kier molecular flexibility index (Phi) is 4.42. The van der Waals surface area contributed by atoms with Gasteiger partial charge in [-0.3, -0.25) is 0 Å². The first-order chi connectivity index (χ1) is 9.60. The molecule has 2 aliphatic rings.